The lowest BCUT2D eigenvalue weighted by Gasteiger charge is -2.32. The van der Waals surface area contributed by atoms with Crippen LogP contribution >= 0.6 is 34.3 Å². The van der Waals surface area contributed by atoms with Gasteiger partial charge in [-0.3, -0.25) is 14.9 Å². The number of thiazole rings is 1. The fourth-order valence-electron chi connectivity index (χ4n) is 3.28. The molecule has 13 heteroatoms. The second-order valence-electron chi connectivity index (χ2n) is 6.60. The first-order chi connectivity index (χ1) is 14.3. The number of carbonyl (C=O) groups is 1. The van der Waals surface area contributed by atoms with E-state index in [1.54, 1.807) is 6.07 Å². The number of hydrogen-bond donors (Lipinski definition) is 1. The molecule has 2 aromatic heterocycles. The van der Waals surface area contributed by atoms with E-state index in [1.807, 2.05) is 0 Å². The number of non-ortho nitro benzene ring substituents is 1. The predicted octanol–water partition coefficient (Wildman–Crippen LogP) is 4.10. The molecular formula is C17H15ClN4O5S3. The van der Waals surface area contributed by atoms with Crippen LogP contribution < -0.4 is 5.32 Å². The predicted molar refractivity (Wildman–Crippen MR) is 116 cm³/mol. The van der Waals surface area contributed by atoms with Crippen LogP contribution in [0.3, 0.4) is 0 Å². The number of fused-ring (bicyclic) bond motifs is 1. The Morgan fingerprint density at radius 2 is 2.07 bits per heavy atom. The van der Waals surface area contributed by atoms with Crippen LogP contribution in [-0.4, -0.2) is 41.1 Å². The highest BCUT2D eigenvalue weighted by atomic mass is 35.5. The maximum atomic E-state index is 13.0. The van der Waals surface area contributed by atoms with Crippen molar-refractivity contribution in [3.63, 3.8) is 0 Å². The van der Waals surface area contributed by atoms with Gasteiger partial charge in [0.05, 0.1) is 19.5 Å². The molecule has 1 atom stereocenters. The average Bonchev–Trinajstić information content (AvgIpc) is 3.33. The molecule has 0 aliphatic carbocycles. The molecule has 9 nitrogen and oxygen atoms in total. The Morgan fingerprint density at radius 3 is 2.77 bits per heavy atom. The highest BCUT2D eigenvalue weighted by molar-refractivity contribution is 7.91. The SMILES string of the molecule is O=C(Nc1nc2cc([N+](=O)[O-])ccc2s1)C1CCCCN1S(=O)(=O)c1ccc(Cl)s1. The Bertz CT molecular complexity index is 1240. The number of thiophene rings is 1. The zero-order valence-electron chi connectivity index (χ0n) is 15.3. The number of nitro groups is 1. The van der Waals surface area contributed by atoms with E-state index in [4.69, 9.17) is 11.6 Å². The van der Waals surface area contributed by atoms with Gasteiger partial charge in [0.15, 0.2) is 5.13 Å². The van der Waals surface area contributed by atoms with Gasteiger partial charge < -0.3 is 5.32 Å². The number of nitrogens with one attached hydrogen (secondary N) is 1. The van der Waals surface area contributed by atoms with Gasteiger partial charge in [0, 0.05) is 18.7 Å². The van der Waals surface area contributed by atoms with Crippen molar-refractivity contribution < 1.29 is 18.1 Å². The Hall–Kier alpha value is -2.12. The van der Waals surface area contributed by atoms with Crippen molar-refractivity contribution >= 4 is 71.2 Å². The Labute approximate surface area is 184 Å². The standard InChI is InChI=1S/C17H15ClN4O5S3/c18-14-6-7-15(29-14)30(26,27)21-8-2-1-3-12(21)16(23)20-17-19-11-9-10(22(24)25)4-5-13(11)28-17/h4-7,9,12H,1-3,8H2,(H,19,20,23). The van der Waals surface area contributed by atoms with E-state index in [0.717, 1.165) is 17.8 Å². The van der Waals surface area contributed by atoms with Crippen molar-refractivity contribution in [3.8, 4) is 0 Å². The summed E-state index contributed by atoms with van der Waals surface area (Å²) in [5, 5.41) is 13.9. The molecule has 1 unspecified atom stereocenters. The second-order valence-corrected chi connectivity index (χ2v) is 11.5. The summed E-state index contributed by atoms with van der Waals surface area (Å²) in [5.74, 6) is -0.477. The van der Waals surface area contributed by atoms with Gasteiger partial charge in [-0.05, 0) is 31.0 Å². The monoisotopic (exact) mass is 486 g/mol. The molecule has 1 amide bonds. The van der Waals surface area contributed by atoms with Crippen molar-refractivity contribution in [1.29, 1.82) is 0 Å². The lowest BCUT2D eigenvalue weighted by atomic mass is 10.0. The first kappa shape index (κ1) is 21.1. The normalized spacial score (nSPS) is 17.8. The third-order valence-electron chi connectivity index (χ3n) is 4.68. The molecule has 0 spiro atoms. The number of benzene rings is 1. The third-order valence-corrected chi connectivity index (χ3v) is 9.24. The van der Waals surface area contributed by atoms with E-state index < -0.39 is 26.9 Å². The molecule has 1 fully saturated rings. The maximum absolute atomic E-state index is 13.0. The van der Waals surface area contributed by atoms with Gasteiger partial charge in [-0.2, -0.15) is 4.31 Å². The van der Waals surface area contributed by atoms with Crippen molar-refractivity contribution in [2.75, 3.05) is 11.9 Å². The number of hydrogen-bond acceptors (Lipinski definition) is 8. The Balaban J connectivity index is 1.58. The third kappa shape index (κ3) is 4.05. The molecular weight excluding hydrogens is 472 g/mol. The van der Waals surface area contributed by atoms with Gasteiger partial charge in [-0.25, -0.2) is 13.4 Å². The number of piperidine rings is 1. The molecule has 30 heavy (non-hydrogen) atoms. The van der Waals surface area contributed by atoms with Gasteiger partial charge in [-0.1, -0.05) is 29.4 Å². The molecule has 4 rings (SSSR count). The van der Waals surface area contributed by atoms with Crippen LogP contribution in [-0.2, 0) is 14.8 Å². The fraction of sp³-hybridized carbons (Fsp3) is 0.294. The quantitative estimate of drug-likeness (QED) is 0.427. The van der Waals surface area contributed by atoms with Gasteiger partial charge in [0.25, 0.3) is 15.7 Å². The van der Waals surface area contributed by atoms with Crippen LogP contribution in [0.15, 0.2) is 34.5 Å². The molecule has 3 aromatic rings. The van der Waals surface area contributed by atoms with Crippen LogP contribution in [0.1, 0.15) is 19.3 Å². The number of rotatable bonds is 5. The van der Waals surface area contributed by atoms with E-state index in [2.05, 4.69) is 10.3 Å². The van der Waals surface area contributed by atoms with Crippen molar-refractivity contribution in [2.45, 2.75) is 29.5 Å². The topological polar surface area (TPSA) is 123 Å². The van der Waals surface area contributed by atoms with Crippen LogP contribution in [0.4, 0.5) is 10.8 Å². The highest BCUT2D eigenvalue weighted by Crippen LogP contribution is 2.33. The molecule has 1 aromatic carbocycles. The van der Waals surface area contributed by atoms with Crippen molar-refractivity contribution in [1.82, 2.24) is 9.29 Å². The minimum Gasteiger partial charge on any atom is -0.301 e. The summed E-state index contributed by atoms with van der Waals surface area (Å²) in [7, 11) is -3.85. The van der Waals surface area contributed by atoms with Gasteiger partial charge in [0.2, 0.25) is 5.91 Å². The Morgan fingerprint density at radius 1 is 1.27 bits per heavy atom. The molecule has 3 heterocycles. The van der Waals surface area contributed by atoms with Crippen LogP contribution in [0, 0.1) is 10.1 Å². The molecule has 1 aliphatic rings. The maximum Gasteiger partial charge on any atom is 0.271 e. The minimum absolute atomic E-state index is 0.0927. The summed E-state index contributed by atoms with van der Waals surface area (Å²) in [6, 6.07) is 6.35. The summed E-state index contributed by atoms with van der Waals surface area (Å²) in [5.41, 5.74) is 0.302. The van der Waals surface area contributed by atoms with Gasteiger partial charge >= 0.3 is 0 Å². The van der Waals surface area contributed by atoms with Crippen LogP contribution in [0.2, 0.25) is 4.34 Å². The van der Waals surface area contributed by atoms with E-state index in [-0.39, 0.29) is 21.6 Å². The zero-order valence-corrected chi connectivity index (χ0v) is 18.5. The molecule has 158 valence electrons. The van der Waals surface area contributed by atoms with Crippen molar-refractivity contribution in [2.24, 2.45) is 0 Å². The molecule has 1 N–H and O–H groups in total. The molecule has 1 aliphatic heterocycles. The number of anilines is 1. The van der Waals surface area contributed by atoms with Gasteiger partial charge in [0.1, 0.15) is 10.3 Å². The number of nitro benzene ring substituents is 1. The first-order valence-electron chi connectivity index (χ1n) is 8.89. The van der Waals surface area contributed by atoms with E-state index in [0.29, 0.717) is 27.4 Å². The van der Waals surface area contributed by atoms with E-state index in [9.17, 15) is 23.3 Å². The lowest BCUT2D eigenvalue weighted by Crippen LogP contribution is -2.49. The summed E-state index contributed by atoms with van der Waals surface area (Å²) in [6.45, 7) is 0.238. The number of halogens is 1. The fourth-order valence-corrected chi connectivity index (χ4v) is 7.40. The largest absolute Gasteiger partial charge is 0.301 e. The summed E-state index contributed by atoms with van der Waals surface area (Å²) in [6.07, 6.45) is 1.77. The average molecular weight is 487 g/mol. The van der Waals surface area contributed by atoms with Gasteiger partial charge in [-0.15, -0.1) is 11.3 Å². The summed E-state index contributed by atoms with van der Waals surface area (Å²) in [4.78, 5) is 27.6. The molecule has 0 saturated carbocycles. The Kier molecular flexibility index (Phi) is 5.77. The lowest BCUT2D eigenvalue weighted by molar-refractivity contribution is -0.384. The second kappa shape index (κ2) is 8.19. The minimum atomic E-state index is -3.85. The van der Waals surface area contributed by atoms with E-state index in [1.165, 1.54) is 39.9 Å². The van der Waals surface area contributed by atoms with Crippen LogP contribution in [0.5, 0.6) is 0 Å². The smallest absolute Gasteiger partial charge is 0.271 e. The van der Waals surface area contributed by atoms with Crippen LogP contribution in [0.25, 0.3) is 10.2 Å². The number of amides is 1. The highest BCUT2D eigenvalue weighted by Gasteiger charge is 2.38. The first-order valence-corrected chi connectivity index (χ1v) is 12.3. The van der Waals surface area contributed by atoms with Crippen molar-refractivity contribution in [3.05, 3.63) is 44.8 Å². The summed E-state index contributed by atoms with van der Waals surface area (Å²) >= 11 is 8.01. The molecule has 1 saturated heterocycles. The summed E-state index contributed by atoms with van der Waals surface area (Å²) < 4.78 is 28.4. The number of nitrogens with zero attached hydrogens (tertiary/aromatic N) is 3. The van der Waals surface area contributed by atoms with E-state index >= 15 is 0 Å². The number of aromatic nitrogens is 1. The zero-order chi connectivity index (χ0) is 21.5. The number of sulfonamides is 1. The molecule has 0 radical (unpaired) electrons. The molecule has 0 bridgehead atoms. The number of carbonyl (C=O) groups excluding carboxylic acids is 1.